The fourth-order valence-corrected chi connectivity index (χ4v) is 2.60. The van der Waals surface area contributed by atoms with Gasteiger partial charge in [0.15, 0.2) is 0 Å². The number of ether oxygens (including phenoxy) is 1. The van der Waals surface area contributed by atoms with Crippen LogP contribution in [0.4, 0.5) is 11.6 Å². The summed E-state index contributed by atoms with van der Waals surface area (Å²) >= 11 is 0. The van der Waals surface area contributed by atoms with Gasteiger partial charge >= 0.3 is 5.69 Å². The van der Waals surface area contributed by atoms with Crippen molar-refractivity contribution in [2.75, 3.05) is 39.2 Å². The average molecular weight is 295 g/mol. The van der Waals surface area contributed by atoms with Crippen LogP contribution < -0.4 is 9.64 Å². The minimum absolute atomic E-state index is 0.0252. The molecule has 21 heavy (non-hydrogen) atoms. The van der Waals surface area contributed by atoms with Crippen molar-refractivity contribution in [3.63, 3.8) is 0 Å². The van der Waals surface area contributed by atoms with Gasteiger partial charge < -0.3 is 14.5 Å². The quantitative estimate of drug-likeness (QED) is 0.610. The van der Waals surface area contributed by atoms with E-state index in [1.54, 1.807) is 6.92 Å². The molecular formula is C13H21N5O3. The molecule has 0 atom stereocenters. The van der Waals surface area contributed by atoms with Crippen LogP contribution in [-0.4, -0.2) is 60.1 Å². The van der Waals surface area contributed by atoms with Gasteiger partial charge in [-0.15, -0.1) is 0 Å². The van der Waals surface area contributed by atoms with Gasteiger partial charge in [-0.3, -0.25) is 10.1 Å². The highest BCUT2D eigenvalue weighted by Gasteiger charge is 2.27. The molecule has 0 radical (unpaired) electrons. The van der Waals surface area contributed by atoms with Gasteiger partial charge in [-0.2, -0.15) is 4.98 Å². The molecule has 1 fully saturated rings. The van der Waals surface area contributed by atoms with E-state index in [9.17, 15) is 10.1 Å². The van der Waals surface area contributed by atoms with Crippen molar-refractivity contribution in [1.29, 1.82) is 0 Å². The Morgan fingerprint density at radius 2 is 1.95 bits per heavy atom. The number of hydrogen-bond donors (Lipinski definition) is 0. The second-order valence-corrected chi connectivity index (χ2v) is 5.41. The molecule has 1 saturated heterocycles. The lowest BCUT2D eigenvalue weighted by atomic mass is 10.0. The van der Waals surface area contributed by atoms with Crippen molar-refractivity contribution in [3.05, 3.63) is 15.8 Å². The Kier molecular flexibility index (Phi) is 4.56. The molecule has 8 nitrogen and oxygen atoms in total. The first-order valence-corrected chi connectivity index (χ1v) is 6.92. The summed E-state index contributed by atoms with van der Waals surface area (Å²) in [5.74, 6) is 0.532. The summed E-state index contributed by atoms with van der Waals surface area (Å²) in [4.78, 5) is 23.3. The van der Waals surface area contributed by atoms with E-state index in [0.29, 0.717) is 17.7 Å². The molecular weight excluding hydrogens is 274 g/mol. The zero-order valence-corrected chi connectivity index (χ0v) is 12.9. The van der Waals surface area contributed by atoms with E-state index in [4.69, 9.17) is 4.74 Å². The van der Waals surface area contributed by atoms with Gasteiger partial charge in [0.05, 0.1) is 12.0 Å². The summed E-state index contributed by atoms with van der Waals surface area (Å²) in [6.07, 6.45) is 2.05. The number of hydrogen-bond acceptors (Lipinski definition) is 7. The van der Waals surface area contributed by atoms with Gasteiger partial charge in [0.1, 0.15) is 5.69 Å². The lowest BCUT2D eigenvalue weighted by Crippen LogP contribution is -2.42. The summed E-state index contributed by atoms with van der Waals surface area (Å²) in [5, 5.41) is 11.0. The van der Waals surface area contributed by atoms with Crippen molar-refractivity contribution in [2.24, 2.45) is 0 Å². The van der Waals surface area contributed by atoms with Crippen LogP contribution in [-0.2, 0) is 0 Å². The first-order chi connectivity index (χ1) is 9.93. The van der Waals surface area contributed by atoms with Crippen molar-refractivity contribution in [3.8, 4) is 5.88 Å². The first kappa shape index (κ1) is 15.4. The summed E-state index contributed by atoms with van der Waals surface area (Å²) in [7, 11) is 5.54. The lowest BCUT2D eigenvalue weighted by Gasteiger charge is -2.35. The van der Waals surface area contributed by atoms with Crippen LogP contribution in [0, 0.1) is 17.0 Å². The molecule has 0 N–H and O–H groups in total. The van der Waals surface area contributed by atoms with Crippen LogP contribution in [0.1, 0.15) is 18.5 Å². The van der Waals surface area contributed by atoms with Crippen LogP contribution in [0.2, 0.25) is 0 Å². The van der Waals surface area contributed by atoms with Gasteiger partial charge in [-0.05, 0) is 33.9 Å². The SMILES string of the molecule is COc1nc(N2CCC(N(C)C)CC2)nc(C)c1[N+](=O)[O-]. The van der Waals surface area contributed by atoms with Gasteiger partial charge in [0, 0.05) is 19.1 Å². The van der Waals surface area contributed by atoms with Crippen LogP contribution in [0.5, 0.6) is 5.88 Å². The first-order valence-electron chi connectivity index (χ1n) is 6.92. The van der Waals surface area contributed by atoms with Crippen molar-refractivity contribution in [1.82, 2.24) is 14.9 Å². The Bertz CT molecular complexity index is 527. The van der Waals surface area contributed by atoms with E-state index >= 15 is 0 Å². The van der Waals surface area contributed by atoms with Crippen LogP contribution in [0.3, 0.4) is 0 Å². The summed E-state index contributed by atoms with van der Waals surface area (Å²) in [6.45, 7) is 3.28. The van der Waals surface area contributed by atoms with Crippen LogP contribution in [0.15, 0.2) is 0 Å². The third-order valence-corrected chi connectivity index (χ3v) is 3.87. The minimum Gasteiger partial charge on any atom is -0.476 e. The van der Waals surface area contributed by atoms with E-state index in [1.165, 1.54) is 7.11 Å². The van der Waals surface area contributed by atoms with E-state index < -0.39 is 4.92 Å². The normalized spacial score (nSPS) is 16.3. The molecule has 0 aliphatic carbocycles. The molecule has 8 heteroatoms. The number of methoxy groups -OCH3 is 1. The van der Waals surface area contributed by atoms with Gasteiger partial charge in [0.25, 0.3) is 5.88 Å². The topological polar surface area (TPSA) is 84.6 Å². The summed E-state index contributed by atoms with van der Waals surface area (Å²) in [5.41, 5.74) is 0.168. The molecule has 1 aliphatic heterocycles. The van der Waals surface area contributed by atoms with Crippen LogP contribution >= 0.6 is 0 Å². The molecule has 1 aliphatic rings. The Morgan fingerprint density at radius 3 is 2.43 bits per heavy atom. The zero-order valence-electron chi connectivity index (χ0n) is 12.9. The fourth-order valence-electron chi connectivity index (χ4n) is 2.60. The molecule has 1 aromatic rings. The Balaban J connectivity index is 2.22. The molecule has 0 bridgehead atoms. The lowest BCUT2D eigenvalue weighted by molar-refractivity contribution is -0.387. The van der Waals surface area contributed by atoms with Crippen molar-refractivity contribution >= 4 is 11.6 Å². The van der Waals surface area contributed by atoms with Crippen molar-refractivity contribution in [2.45, 2.75) is 25.8 Å². The smallest absolute Gasteiger partial charge is 0.352 e. The standard InChI is InChI=1S/C13H21N5O3/c1-9-11(18(19)20)12(21-4)15-13(14-9)17-7-5-10(6-8-17)16(2)3/h10H,5-8H2,1-4H3. The maximum atomic E-state index is 11.0. The van der Waals surface area contributed by atoms with Gasteiger partial charge in [-0.1, -0.05) is 0 Å². The van der Waals surface area contributed by atoms with Crippen LogP contribution in [0.25, 0.3) is 0 Å². The number of aryl methyl sites for hydroxylation is 1. The monoisotopic (exact) mass is 295 g/mol. The second kappa shape index (κ2) is 6.21. The average Bonchev–Trinajstić information content (AvgIpc) is 2.45. The fraction of sp³-hybridized carbons (Fsp3) is 0.692. The van der Waals surface area contributed by atoms with Gasteiger partial charge in [-0.25, -0.2) is 4.98 Å². The molecule has 0 aromatic carbocycles. The predicted molar refractivity (Wildman–Crippen MR) is 78.9 cm³/mol. The summed E-state index contributed by atoms with van der Waals surface area (Å²) < 4.78 is 5.05. The third-order valence-electron chi connectivity index (χ3n) is 3.87. The summed E-state index contributed by atoms with van der Waals surface area (Å²) in [6, 6.07) is 0.558. The molecule has 1 aromatic heterocycles. The molecule has 0 spiro atoms. The highest BCUT2D eigenvalue weighted by molar-refractivity contribution is 5.49. The van der Waals surface area contributed by atoms with Crippen molar-refractivity contribution < 1.29 is 9.66 Å². The minimum atomic E-state index is -0.504. The van der Waals surface area contributed by atoms with E-state index in [2.05, 4.69) is 33.9 Å². The van der Waals surface area contributed by atoms with E-state index in [0.717, 1.165) is 25.9 Å². The zero-order chi connectivity index (χ0) is 15.6. The number of aromatic nitrogens is 2. The number of nitrogens with zero attached hydrogens (tertiary/aromatic N) is 5. The van der Waals surface area contributed by atoms with E-state index in [-0.39, 0.29) is 11.6 Å². The number of piperidine rings is 1. The Hall–Kier alpha value is -1.96. The Morgan fingerprint density at radius 1 is 1.33 bits per heavy atom. The maximum absolute atomic E-state index is 11.0. The molecule has 2 heterocycles. The third kappa shape index (κ3) is 3.21. The second-order valence-electron chi connectivity index (χ2n) is 5.41. The van der Waals surface area contributed by atoms with Gasteiger partial charge in [0.2, 0.25) is 5.95 Å². The number of rotatable bonds is 4. The number of anilines is 1. The van der Waals surface area contributed by atoms with E-state index in [1.807, 2.05) is 0 Å². The highest BCUT2D eigenvalue weighted by atomic mass is 16.6. The predicted octanol–water partition coefficient (Wildman–Crippen LogP) is 1.23. The largest absolute Gasteiger partial charge is 0.476 e. The molecule has 2 rings (SSSR count). The maximum Gasteiger partial charge on any atom is 0.352 e. The Labute approximate surface area is 123 Å². The molecule has 0 saturated carbocycles. The number of nitro groups is 1. The highest BCUT2D eigenvalue weighted by Crippen LogP contribution is 2.30. The molecule has 116 valence electrons. The molecule has 0 unspecified atom stereocenters. The molecule has 0 amide bonds.